The molecule has 0 aliphatic carbocycles. The predicted octanol–water partition coefficient (Wildman–Crippen LogP) is 2.87. The van der Waals surface area contributed by atoms with Crippen LogP contribution in [-0.4, -0.2) is 60.8 Å². The van der Waals surface area contributed by atoms with Gasteiger partial charge in [-0.15, -0.1) is 0 Å². The van der Waals surface area contributed by atoms with Gasteiger partial charge in [0, 0.05) is 37.4 Å². The number of aromatic nitrogens is 5. The van der Waals surface area contributed by atoms with Gasteiger partial charge in [0.1, 0.15) is 22.7 Å². The maximum absolute atomic E-state index is 9.24. The van der Waals surface area contributed by atoms with E-state index >= 15 is 0 Å². The van der Waals surface area contributed by atoms with Crippen molar-refractivity contribution in [3.05, 3.63) is 42.0 Å². The molecule has 5 heterocycles. The third-order valence-electron chi connectivity index (χ3n) is 6.29. The molecule has 4 aromatic rings. The van der Waals surface area contributed by atoms with Gasteiger partial charge in [-0.1, -0.05) is 0 Å². The van der Waals surface area contributed by atoms with Crippen LogP contribution in [0.1, 0.15) is 30.3 Å². The lowest BCUT2D eigenvalue weighted by atomic mass is 10.0. The third kappa shape index (κ3) is 3.51. The maximum atomic E-state index is 9.24. The number of hydrogen-bond acceptors (Lipinski definition) is 7. The Morgan fingerprint density at radius 1 is 1.06 bits per heavy atom. The van der Waals surface area contributed by atoms with Crippen LogP contribution in [0, 0.1) is 13.8 Å². The summed E-state index contributed by atoms with van der Waals surface area (Å²) in [6.07, 6.45) is 5.66. The van der Waals surface area contributed by atoms with Crippen molar-refractivity contribution in [1.82, 2.24) is 29.4 Å². The summed E-state index contributed by atoms with van der Waals surface area (Å²) < 4.78 is 2.35. The van der Waals surface area contributed by atoms with E-state index in [4.69, 9.17) is 15.7 Å². The Labute approximate surface area is 180 Å². The number of aliphatic hydroxyl groups is 1. The van der Waals surface area contributed by atoms with E-state index in [9.17, 15) is 5.11 Å². The Morgan fingerprint density at radius 2 is 1.87 bits per heavy atom. The van der Waals surface area contributed by atoms with Gasteiger partial charge in [0.15, 0.2) is 0 Å². The van der Waals surface area contributed by atoms with Crippen molar-refractivity contribution in [2.24, 2.45) is 0 Å². The number of imidazole rings is 1. The first-order valence-electron chi connectivity index (χ1n) is 10.7. The number of hydrogen-bond donors (Lipinski definition) is 2. The normalized spacial score (nSPS) is 15.8. The molecule has 0 amide bonds. The van der Waals surface area contributed by atoms with Gasteiger partial charge in [-0.2, -0.15) is 0 Å². The average Bonchev–Trinajstić information content (AvgIpc) is 3.12. The summed E-state index contributed by atoms with van der Waals surface area (Å²) in [5.41, 5.74) is 12.3. The predicted molar refractivity (Wildman–Crippen MR) is 122 cm³/mol. The van der Waals surface area contributed by atoms with Crippen LogP contribution in [-0.2, 0) is 0 Å². The Balaban J connectivity index is 1.62. The molecule has 0 spiro atoms. The number of rotatable bonds is 4. The lowest BCUT2D eigenvalue weighted by Crippen LogP contribution is -2.36. The maximum Gasteiger partial charge on any atom is 0.126 e. The molecule has 0 bridgehead atoms. The molecule has 5 rings (SSSR count). The second kappa shape index (κ2) is 7.86. The molecule has 0 saturated carbocycles. The smallest absolute Gasteiger partial charge is 0.126 e. The summed E-state index contributed by atoms with van der Waals surface area (Å²) in [6.45, 7) is 6.91. The minimum atomic E-state index is 0.209. The number of nitrogen functional groups attached to an aromatic ring is 1. The van der Waals surface area contributed by atoms with Crippen molar-refractivity contribution >= 4 is 27.9 Å². The average molecular weight is 418 g/mol. The molecule has 0 aromatic carbocycles. The SMILES string of the molecule is Cc1cc(-c2ccc3ncc4nc(C)n(C5CCN(CCO)CC5)c4c3n2)cnc1N. The van der Waals surface area contributed by atoms with Gasteiger partial charge >= 0.3 is 0 Å². The van der Waals surface area contributed by atoms with Crippen molar-refractivity contribution in [3.8, 4) is 11.3 Å². The fourth-order valence-corrected chi connectivity index (χ4v) is 4.63. The molecule has 8 heteroatoms. The highest BCUT2D eigenvalue weighted by Gasteiger charge is 2.25. The molecule has 0 unspecified atom stereocenters. The van der Waals surface area contributed by atoms with Crippen molar-refractivity contribution in [3.63, 3.8) is 0 Å². The second-order valence-corrected chi connectivity index (χ2v) is 8.31. The number of β-amino-alcohol motifs (C(OH)–C–C–N with tert-alkyl or cyclic N) is 1. The zero-order chi connectivity index (χ0) is 21.5. The second-order valence-electron chi connectivity index (χ2n) is 8.31. The molecule has 0 atom stereocenters. The van der Waals surface area contributed by atoms with E-state index in [2.05, 4.69) is 26.4 Å². The van der Waals surface area contributed by atoms with Gasteiger partial charge in [-0.3, -0.25) is 4.98 Å². The first-order chi connectivity index (χ1) is 15.0. The number of anilines is 1. The van der Waals surface area contributed by atoms with Crippen LogP contribution in [0.4, 0.5) is 5.82 Å². The number of pyridine rings is 3. The van der Waals surface area contributed by atoms with Gasteiger partial charge in [0.25, 0.3) is 0 Å². The quantitative estimate of drug-likeness (QED) is 0.526. The van der Waals surface area contributed by atoms with Gasteiger partial charge in [0.2, 0.25) is 0 Å². The van der Waals surface area contributed by atoms with Crippen LogP contribution >= 0.6 is 0 Å². The number of fused-ring (bicyclic) bond motifs is 3. The molecule has 0 radical (unpaired) electrons. The van der Waals surface area contributed by atoms with Crippen molar-refractivity contribution in [1.29, 1.82) is 0 Å². The lowest BCUT2D eigenvalue weighted by molar-refractivity contribution is 0.150. The molecule has 1 aliphatic heterocycles. The highest BCUT2D eigenvalue weighted by atomic mass is 16.3. The van der Waals surface area contributed by atoms with E-state index < -0.39 is 0 Å². The van der Waals surface area contributed by atoms with E-state index in [-0.39, 0.29) is 6.61 Å². The first kappa shape index (κ1) is 19.8. The molecule has 31 heavy (non-hydrogen) atoms. The topological polar surface area (TPSA) is 106 Å². The first-order valence-corrected chi connectivity index (χ1v) is 10.7. The standard InChI is InChI=1S/C23H27N7O/c1-14-11-16(12-26-23(14)24)18-3-4-19-21(28-18)22-20(13-25-19)27-15(2)30(22)17-5-7-29(8-6-17)9-10-31/h3-4,11-13,17,31H,5-10H2,1-2H3,(H2,24,26). The zero-order valence-electron chi connectivity index (χ0n) is 17.9. The number of likely N-dealkylation sites (tertiary alicyclic amines) is 1. The van der Waals surface area contributed by atoms with Crippen LogP contribution in [0.5, 0.6) is 0 Å². The minimum absolute atomic E-state index is 0.209. The van der Waals surface area contributed by atoms with Crippen LogP contribution in [0.3, 0.4) is 0 Å². The van der Waals surface area contributed by atoms with Crippen molar-refractivity contribution < 1.29 is 5.11 Å². The Kier molecular flexibility index (Phi) is 5.03. The summed E-state index contributed by atoms with van der Waals surface area (Å²) in [6, 6.07) is 6.37. The van der Waals surface area contributed by atoms with Gasteiger partial charge in [-0.25, -0.2) is 15.0 Å². The Morgan fingerprint density at radius 3 is 2.61 bits per heavy atom. The largest absolute Gasteiger partial charge is 0.395 e. The highest BCUT2D eigenvalue weighted by Crippen LogP contribution is 2.32. The van der Waals surface area contributed by atoms with E-state index in [0.29, 0.717) is 11.9 Å². The summed E-state index contributed by atoms with van der Waals surface area (Å²) >= 11 is 0. The molecule has 160 valence electrons. The third-order valence-corrected chi connectivity index (χ3v) is 6.29. The molecule has 8 nitrogen and oxygen atoms in total. The molecule has 1 aliphatic rings. The fourth-order valence-electron chi connectivity index (χ4n) is 4.63. The molecule has 3 N–H and O–H groups in total. The number of nitrogens with two attached hydrogens (primary N) is 1. The van der Waals surface area contributed by atoms with E-state index in [1.165, 1.54) is 0 Å². The zero-order valence-corrected chi connectivity index (χ0v) is 17.9. The monoisotopic (exact) mass is 417 g/mol. The molecule has 1 saturated heterocycles. The fraction of sp³-hybridized carbons (Fsp3) is 0.391. The van der Waals surface area contributed by atoms with E-state index in [1.807, 2.05) is 31.3 Å². The van der Waals surface area contributed by atoms with Gasteiger partial charge in [-0.05, 0) is 50.5 Å². The summed E-state index contributed by atoms with van der Waals surface area (Å²) in [5, 5.41) is 9.24. The summed E-state index contributed by atoms with van der Waals surface area (Å²) in [4.78, 5) is 21.0. The Hall–Kier alpha value is -3.10. The van der Waals surface area contributed by atoms with Crippen LogP contribution in [0.25, 0.3) is 33.3 Å². The van der Waals surface area contributed by atoms with Gasteiger partial charge < -0.3 is 20.3 Å². The molecular formula is C23H27N7O. The van der Waals surface area contributed by atoms with Crippen LogP contribution in [0.15, 0.2) is 30.6 Å². The van der Waals surface area contributed by atoms with Crippen molar-refractivity contribution in [2.75, 3.05) is 32.0 Å². The number of nitrogens with zero attached hydrogens (tertiary/aromatic N) is 6. The van der Waals surface area contributed by atoms with Gasteiger partial charge in [0.05, 0.1) is 29.5 Å². The lowest BCUT2D eigenvalue weighted by Gasteiger charge is -2.33. The van der Waals surface area contributed by atoms with E-state index in [1.54, 1.807) is 6.20 Å². The summed E-state index contributed by atoms with van der Waals surface area (Å²) in [7, 11) is 0. The molecule has 1 fully saturated rings. The van der Waals surface area contributed by atoms with E-state index in [0.717, 1.165) is 77.2 Å². The Bertz CT molecular complexity index is 1260. The molecule has 4 aromatic heterocycles. The van der Waals surface area contributed by atoms with Crippen LogP contribution in [0.2, 0.25) is 0 Å². The number of piperidine rings is 1. The molecular weight excluding hydrogens is 390 g/mol. The van der Waals surface area contributed by atoms with Crippen molar-refractivity contribution in [2.45, 2.75) is 32.7 Å². The van der Waals surface area contributed by atoms with Crippen LogP contribution < -0.4 is 5.73 Å². The minimum Gasteiger partial charge on any atom is -0.395 e. The number of aliphatic hydroxyl groups excluding tert-OH is 1. The summed E-state index contributed by atoms with van der Waals surface area (Å²) in [5.74, 6) is 1.52. The highest BCUT2D eigenvalue weighted by molar-refractivity contribution is 6.00. The number of aryl methyl sites for hydroxylation is 2.